The Hall–Kier alpha value is -4.60. The van der Waals surface area contributed by atoms with E-state index in [0.717, 1.165) is 11.8 Å². The van der Waals surface area contributed by atoms with Gasteiger partial charge in [-0.15, -0.1) is 0 Å². The number of hydrogen-bond donors (Lipinski definition) is 3. The summed E-state index contributed by atoms with van der Waals surface area (Å²) in [5, 5.41) is 14.3. The van der Waals surface area contributed by atoms with Crippen molar-refractivity contribution in [1.29, 1.82) is 0 Å². The molecule has 15 nitrogen and oxygen atoms in total. The fraction of sp³-hybridized carbons (Fsp3) is 0.625. The van der Waals surface area contributed by atoms with Crippen LogP contribution >= 0.6 is 0 Å². The fourth-order valence-electron chi connectivity index (χ4n) is 8.26. The number of carbonyl (C=O) groups excluding carboxylic acids is 3. The van der Waals surface area contributed by atoms with Gasteiger partial charge in [-0.1, -0.05) is 26.0 Å². The van der Waals surface area contributed by atoms with Crippen molar-refractivity contribution in [2.45, 2.75) is 114 Å². The Bertz CT molecular complexity index is 2010. The smallest absolute Gasteiger partial charge is 0.408 e. The Labute approximate surface area is 329 Å². The van der Waals surface area contributed by atoms with Gasteiger partial charge in [0.15, 0.2) is 0 Å². The molecule has 2 aliphatic heterocycles. The van der Waals surface area contributed by atoms with Crippen molar-refractivity contribution in [1.82, 2.24) is 24.8 Å². The fourth-order valence-corrected chi connectivity index (χ4v) is 9.62. The van der Waals surface area contributed by atoms with Crippen LogP contribution in [0, 0.1) is 17.8 Å². The van der Waals surface area contributed by atoms with E-state index in [2.05, 4.69) is 17.0 Å². The molecule has 306 valence electrons. The van der Waals surface area contributed by atoms with E-state index in [-0.39, 0.29) is 31.2 Å². The molecule has 4 amide bonds. The van der Waals surface area contributed by atoms with Crippen molar-refractivity contribution in [2.75, 3.05) is 32.6 Å². The average molecular weight is 797 g/mol. The van der Waals surface area contributed by atoms with Crippen LogP contribution in [0.3, 0.4) is 0 Å². The molecule has 2 aromatic rings. The Kier molecular flexibility index (Phi) is 11.3. The van der Waals surface area contributed by atoms with Gasteiger partial charge in [-0.05, 0) is 101 Å². The van der Waals surface area contributed by atoms with Gasteiger partial charge in [0.05, 0.1) is 18.9 Å². The SMILES string of the molecule is COc1ccc2c(O[C@@H]3C[C@H]4C(=O)N[C@]5(C(=O)NS(=O)(=O)C6CC6)C[C@H]5/C=C\CC[C@@H](C)C[C@@H](C)[C@H](N(C(=O)O)C(C)(C)C)C(=O)N4C3)nc(N(C)C)cc2c1. The monoisotopic (exact) mass is 796 g/mol. The second kappa shape index (κ2) is 15.4. The van der Waals surface area contributed by atoms with Crippen molar-refractivity contribution in [3.63, 3.8) is 0 Å². The maximum Gasteiger partial charge on any atom is 0.408 e. The molecule has 3 heterocycles. The van der Waals surface area contributed by atoms with Gasteiger partial charge in [0.2, 0.25) is 27.7 Å². The van der Waals surface area contributed by atoms with E-state index in [1.54, 1.807) is 33.9 Å². The van der Waals surface area contributed by atoms with Crippen molar-refractivity contribution in [2.24, 2.45) is 17.8 Å². The maximum atomic E-state index is 15.1. The number of amides is 4. The zero-order chi connectivity index (χ0) is 40.9. The highest BCUT2D eigenvalue weighted by molar-refractivity contribution is 7.91. The number of nitrogens with zero attached hydrogens (tertiary/aromatic N) is 4. The number of ether oxygens (including phenoxy) is 2. The quantitative estimate of drug-likeness (QED) is 0.324. The lowest BCUT2D eigenvalue weighted by Gasteiger charge is -2.43. The number of benzene rings is 1. The van der Waals surface area contributed by atoms with Crippen molar-refractivity contribution < 1.29 is 42.2 Å². The third-order valence-corrected chi connectivity index (χ3v) is 13.3. The lowest BCUT2D eigenvalue weighted by molar-refractivity contribution is -0.146. The molecule has 16 heteroatoms. The van der Waals surface area contributed by atoms with E-state index in [4.69, 9.17) is 14.5 Å². The topological polar surface area (TPSA) is 188 Å². The molecule has 56 heavy (non-hydrogen) atoms. The Morgan fingerprint density at radius 1 is 1.09 bits per heavy atom. The summed E-state index contributed by atoms with van der Waals surface area (Å²) in [5.41, 5.74) is -2.52. The lowest BCUT2D eigenvalue weighted by atomic mass is 9.85. The van der Waals surface area contributed by atoms with Crippen molar-refractivity contribution >= 4 is 50.4 Å². The number of carboxylic acid groups (broad SMARTS) is 1. The molecule has 2 saturated carbocycles. The molecule has 6 rings (SSSR count). The second-order valence-electron chi connectivity index (χ2n) is 17.3. The van der Waals surface area contributed by atoms with Crippen LogP contribution in [-0.4, -0.2) is 114 Å². The Morgan fingerprint density at radius 3 is 2.43 bits per heavy atom. The van der Waals surface area contributed by atoms with Crippen LogP contribution < -0.4 is 24.4 Å². The maximum absolute atomic E-state index is 15.1. The van der Waals surface area contributed by atoms with Crippen molar-refractivity contribution in [3.05, 3.63) is 36.4 Å². The summed E-state index contributed by atoms with van der Waals surface area (Å²) in [5.74, 6) is -1.27. The van der Waals surface area contributed by atoms with Gasteiger partial charge >= 0.3 is 6.09 Å². The summed E-state index contributed by atoms with van der Waals surface area (Å²) in [6, 6.07) is 5.04. The van der Waals surface area contributed by atoms with Gasteiger partial charge in [0, 0.05) is 37.4 Å². The molecule has 0 bridgehead atoms. The number of methoxy groups -OCH3 is 1. The number of carbonyl (C=O) groups is 4. The van der Waals surface area contributed by atoms with E-state index in [1.807, 2.05) is 56.3 Å². The number of sulfonamides is 1. The van der Waals surface area contributed by atoms with E-state index < -0.39 is 80.2 Å². The first kappa shape index (κ1) is 41.0. The summed E-state index contributed by atoms with van der Waals surface area (Å²) in [4.78, 5) is 65.8. The van der Waals surface area contributed by atoms with Gasteiger partial charge in [0.1, 0.15) is 35.3 Å². The zero-order valence-corrected chi connectivity index (χ0v) is 34.4. The van der Waals surface area contributed by atoms with E-state index in [9.17, 15) is 27.9 Å². The van der Waals surface area contributed by atoms with Gasteiger partial charge in [-0.25, -0.2) is 13.2 Å². The first-order valence-electron chi connectivity index (χ1n) is 19.5. The summed E-state index contributed by atoms with van der Waals surface area (Å²) >= 11 is 0. The van der Waals surface area contributed by atoms with Crippen LogP contribution in [0.2, 0.25) is 0 Å². The molecule has 2 aliphatic carbocycles. The second-order valence-corrected chi connectivity index (χ2v) is 19.2. The van der Waals surface area contributed by atoms with Crippen LogP contribution in [-0.2, 0) is 24.4 Å². The molecule has 1 saturated heterocycles. The molecule has 1 aromatic heterocycles. The first-order chi connectivity index (χ1) is 26.2. The number of aromatic nitrogens is 1. The zero-order valence-electron chi connectivity index (χ0n) is 33.6. The number of allylic oxidation sites excluding steroid dienone is 1. The highest BCUT2D eigenvalue weighted by Gasteiger charge is 2.62. The number of anilines is 1. The van der Waals surface area contributed by atoms with Crippen molar-refractivity contribution in [3.8, 4) is 11.6 Å². The molecular formula is C40H56N6O9S. The standard InChI is InChI=1S/C40H56N6O9S/c1-23-11-9-10-12-26-21-40(26,37(49)43-56(52,53)29-14-15-29)42-34(47)31-20-28(22-45(31)36(48)33(24(2)17-23)46(38(50)51)39(3,4)5)55-35-30-16-13-27(54-8)18-25(30)19-32(41-35)44(6)7/h10,12-13,16,18-19,23-24,26,28-29,31,33H,9,11,14-15,17,20-22H2,1-8H3,(H,42,47)(H,43,49)(H,50,51)/b12-10-/t23-,24-,26-,28-,31+,33+,40-/m1/s1. The van der Waals surface area contributed by atoms with Crippen LogP contribution in [0.15, 0.2) is 36.4 Å². The predicted molar refractivity (Wildman–Crippen MR) is 211 cm³/mol. The summed E-state index contributed by atoms with van der Waals surface area (Å²) in [6.45, 7) is 9.07. The molecule has 0 radical (unpaired) electrons. The number of fused-ring (bicyclic) bond motifs is 3. The largest absolute Gasteiger partial charge is 0.497 e. The highest BCUT2D eigenvalue weighted by atomic mass is 32.2. The minimum atomic E-state index is -3.92. The van der Waals surface area contributed by atoms with Gasteiger partial charge in [0.25, 0.3) is 5.91 Å². The van der Waals surface area contributed by atoms with Gasteiger partial charge in [-0.3, -0.25) is 24.0 Å². The van der Waals surface area contributed by atoms with E-state index in [1.165, 1.54) is 9.80 Å². The normalized spacial score (nSPS) is 29.2. The molecule has 1 aromatic carbocycles. The van der Waals surface area contributed by atoms with Gasteiger partial charge in [-0.2, -0.15) is 4.98 Å². The first-order valence-corrected chi connectivity index (χ1v) is 21.0. The highest BCUT2D eigenvalue weighted by Crippen LogP contribution is 2.46. The van der Waals surface area contributed by atoms with Gasteiger partial charge < -0.3 is 29.7 Å². The number of rotatable bonds is 8. The minimum Gasteiger partial charge on any atom is -0.497 e. The van der Waals surface area contributed by atoms with Crippen LogP contribution in [0.25, 0.3) is 10.8 Å². The predicted octanol–water partition coefficient (Wildman–Crippen LogP) is 4.30. The third kappa shape index (κ3) is 8.40. The number of pyridine rings is 1. The molecule has 4 aliphatic rings. The molecule has 7 atom stereocenters. The Balaban J connectivity index is 1.41. The van der Waals surface area contributed by atoms with E-state index in [0.29, 0.717) is 42.6 Å². The number of nitrogens with one attached hydrogen (secondary N) is 2. The summed E-state index contributed by atoms with van der Waals surface area (Å²) in [7, 11) is 1.35. The lowest BCUT2D eigenvalue weighted by Crippen LogP contribution is -2.62. The summed E-state index contributed by atoms with van der Waals surface area (Å²) in [6.07, 6.45) is 4.82. The molecule has 3 N–H and O–H groups in total. The Morgan fingerprint density at radius 2 is 1.80 bits per heavy atom. The minimum absolute atomic E-state index is 0.00175. The average Bonchev–Trinajstić information content (AvgIpc) is 4.04. The van der Waals surface area contributed by atoms with E-state index >= 15 is 4.79 Å². The summed E-state index contributed by atoms with van der Waals surface area (Å²) < 4.78 is 40.1. The molecule has 3 fully saturated rings. The number of hydrogen-bond acceptors (Lipinski definition) is 10. The molecule has 0 unspecified atom stereocenters. The molecular weight excluding hydrogens is 741 g/mol. The van der Waals surface area contributed by atoms with Crippen LogP contribution in [0.5, 0.6) is 11.6 Å². The van der Waals surface area contributed by atoms with Crippen LogP contribution in [0.4, 0.5) is 10.6 Å². The molecule has 0 spiro atoms. The third-order valence-electron chi connectivity index (χ3n) is 11.5. The van der Waals surface area contributed by atoms with Crippen LogP contribution in [0.1, 0.15) is 79.6 Å².